The van der Waals surface area contributed by atoms with Crippen LogP contribution in [0.1, 0.15) is 19.3 Å². The number of nitrogens with one attached hydrogen (secondary N) is 1. The summed E-state index contributed by atoms with van der Waals surface area (Å²) in [6.45, 7) is 0. The summed E-state index contributed by atoms with van der Waals surface area (Å²) in [6, 6.07) is 0. The van der Waals surface area contributed by atoms with Crippen molar-refractivity contribution >= 4 is 18.3 Å². The number of rotatable bonds is 1. The zero-order valence-electron chi connectivity index (χ0n) is 6.25. The van der Waals surface area contributed by atoms with Crippen LogP contribution < -0.4 is 11.3 Å². The summed E-state index contributed by atoms with van der Waals surface area (Å²) in [7, 11) is 0. The van der Waals surface area contributed by atoms with Crippen LogP contribution in [0.4, 0.5) is 0 Å². The molecule has 0 saturated carbocycles. The predicted molar refractivity (Wildman–Crippen MR) is 46.1 cm³/mol. The van der Waals surface area contributed by atoms with Crippen LogP contribution in [0, 0.1) is 5.92 Å². The molecule has 0 heterocycles. The van der Waals surface area contributed by atoms with Crippen molar-refractivity contribution in [3.05, 3.63) is 12.2 Å². The number of hydrogen-bond donors (Lipinski definition) is 2. The predicted octanol–water partition coefficient (Wildman–Crippen LogP) is 0.754. The highest BCUT2D eigenvalue weighted by Crippen LogP contribution is 2.17. The minimum atomic E-state index is -0.0376. The fraction of sp³-hybridized carbons (Fsp3) is 0.571. The van der Waals surface area contributed by atoms with Gasteiger partial charge in [0.05, 0.1) is 0 Å². The molecule has 3 N–H and O–H groups in total. The van der Waals surface area contributed by atoms with Crippen molar-refractivity contribution in [2.75, 3.05) is 0 Å². The van der Waals surface area contributed by atoms with Gasteiger partial charge in [-0.15, -0.1) is 12.4 Å². The number of carbonyl (C=O) groups is 1. The molecular formula is C7H13ClN2O. The normalized spacial score (nSPS) is 22.1. The third-order valence-electron chi connectivity index (χ3n) is 1.78. The summed E-state index contributed by atoms with van der Waals surface area (Å²) >= 11 is 0. The van der Waals surface area contributed by atoms with Crippen molar-refractivity contribution in [2.24, 2.45) is 11.8 Å². The molecule has 3 nitrogen and oxygen atoms in total. The van der Waals surface area contributed by atoms with E-state index in [0.717, 1.165) is 19.3 Å². The standard InChI is InChI=1S/C7H12N2O.ClH/c8-9-7(10)6-4-2-1-3-5-6;/h1-2,6H,3-5,8H2,(H,9,10);1H. The fourth-order valence-electron chi connectivity index (χ4n) is 1.15. The lowest BCUT2D eigenvalue weighted by Crippen LogP contribution is -2.36. The zero-order valence-corrected chi connectivity index (χ0v) is 7.06. The lowest BCUT2D eigenvalue weighted by molar-refractivity contribution is -0.125. The van der Waals surface area contributed by atoms with Crippen molar-refractivity contribution in [1.29, 1.82) is 0 Å². The van der Waals surface area contributed by atoms with Crippen molar-refractivity contribution in [3.8, 4) is 0 Å². The molecule has 0 spiro atoms. The average Bonchev–Trinajstić information content (AvgIpc) is 2.05. The van der Waals surface area contributed by atoms with Crippen LogP contribution in [0.3, 0.4) is 0 Å². The minimum Gasteiger partial charge on any atom is -0.294 e. The number of carbonyl (C=O) groups excluding carboxylic acids is 1. The Labute approximate surface area is 72.4 Å². The molecular weight excluding hydrogens is 164 g/mol. The maximum absolute atomic E-state index is 10.9. The maximum atomic E-state index is 10.9. The molecule has 0 bridgehead atoms. The molecule has 1 aliphatic rings. The Morgan fingerprint density at radius 2 is 2.27 bits per heavy atom. The van der Waals surface area contributed by atoms with Gasteiger partial charge in [-0.05, 0) is 19.3 Å². The summed E-state index contributed by atoms with van der Waals surface area (Å²) in [5, 5.41) is 0. The molecule has 0 saturated heterocycles. The lowest BCUT2D eigenvalue weighted by Gasteiger charge is -2.14. The molecule has 64 valence electrons. The van der Waals surface area contributed by atoms with E-state index in [1.807, 2.05) is 6.08 Å². The van der Waals surface area contributed by atoms with Gasteiger partial charge in [-0.1, -0.05) is 12.2 Å². The second-order valence-electron chi connectivity index (χ2n) is 2.49. The van der Waals surface area contributed by atoms with Crippen molar-refractivity contribution in [3.63, 3.8) is 0 Å². The van der Waals surface area contributed by atoms with E-state index < -0.39 is 0 Å². The van der Waals surface area contributed by atoms with Crippen LogP contribution in [0.15, 0.2) is 12.2 Å². The highest BCUT2D eigenvalue weighted by atomic mass is 35.5. The third kappa shape index (κ3) is 2.91. The van der Waals surface area contributed by atoms with Crippen LogP contribution in [-0.4, -0.2) is 5.91 Å². The Morgan fingerprint density at radius 3 is 2.73 bits per heavy atom. The smallest absolute Gasteiger partial charge is 0.237 e. The minimum absolute atomic E-state index is 0. The Kier molecular flexibility index (Phi) is 4.90. The number of amides is 1. The molecule has 0 aromatic rings. The Morgan fingerprint density at radius 1 is 1.55 bits per heavy atom. The maximum Gasteiger partial charge on any atom is 0.237 e. The highest BCUT2D eigenvalue weighted by Gasteiger charge is 2.16. The van der Waals surface area contributed by atoms with Crippen molar-refractivity contribution < 1.29 is 4.79 Å². The second kappa shape index (κ2) is 5.16. The summed E-state index contributed by atoms with van der Waals surface area (Å²) in [6.07, 6.45) is 6.89. The zero-order chi connectivity index (χ0) is 7.40. The first-order valence-electron chi connectivity index (χ1n) is 3.50. The van der Waals surface area contributed by atoms with Crippen LogP contribution in [-0.2, 0) is 4.79 Å². The van der Waals surface area contributed by atoms with Crippen LogP contribution in [0.5, 0.6) is 0 Å². The van der Waals surface area contributed by atoms with Gasteiger partial charge in [-0.3, -0.25) is 10.2 Å². The molecule has 1 atom stereocenters. The largest absolute Gasteiger partial charge is 0.294 e. The quantitative estimate of drug-likeness (QED) is 0.268. The first-order chi connectivity index (χ1) is 4.84. The number of halogens is 1. The molecule has 0 aromatic carbocycles. The average molecular weight is 177 g/mol. The Hall–Kier alpha value is -0.540. The van der Waals surface area contributed by atoms with E-state index in [9.17, 15) is 4.79 Å². The molecule has 0 aliphatic heterocycles. The molecule has 0 fully saturated rings. The molecule has 4 heteroatoms. The molecule has 0 aromatic heterocycles. The summed E-state index contributed by atoms with van der Waals surface area (Å²) in [4.78, 5) is 10.9. The van der Waals surface area contributed by atoms with E-state index in [0.29, 0.717) is 0 Å². The molecule has 1 amide bonds. The fourth-order valence-corrected chi connectivity index (χ4v) is 1.15. The van der Waals surface area contributed by atoms with E-state index in [-0.39, 0.29) is 24.2 Å². The van der Waals surface area contributed by atoms with Crippen LogP contribution >= 0.6 is 12.4 Å². The summed E-state index contributed by atoms with van der Waals surface area (Å²) in [5.41, 5.74) is 2.16. The number of allylic oxidation sites excluding steroid dienone is 2. The van der Waals surface area contributed by atoms with Gasteiger partial charge in [-0.25, -0.2) is 5.84 Å². The number of hydrazine groups is 1. The van der Waals surface area contributed by atoms with Gasteiger partial charge in [0.15, 0.2) is 0 Å². The molecule has 1 unspecified atom stereocenters. The Bertz CT molecular complexity index is 159. The third-order valence-corrected chi connectivity index (χ3v) is 1.78. The summed E-state index contributed by atoms with van der Waals surface area (Å²) < 4.78 is 0. The van der Waals surface area contributed by atoms with Gasteiger partial charge < -0.3 is 0 Å². The van der Waals surface area contributed by atoms with Gasteiger partial charge in [0.1, 0.15) is 0 Å². The first-order valence-corrected chi connectivity index (χ1v) is 3.50. The van der Waals surface area contributed by atoms with E-state index in [4.69, 9.17) is 5.84 Å². The number of nitrogens with two attached hydrogens (primary N) is 1. The van der Waals surface area contributed by atoms with Crippen LogP contribution in [0.2, 0.25) is 0 Å². The van der Waals surface area contributed by atoms with E-state index in [1.54, 1.807) is 0 Å². The molecule has 1 rings (SSSR count). The Balaban J connectivity index is 0.000001000. The van der Waals surface area contributed by atoms with Gasteiger partial charge in [0.25, 0.3) is 0 Å². The van der Waals surface area contributed by atoms with Gasteiger partial charge in [0.2, 0.25) is 5.91 Å². The highest BCUT2D eigenvalue weighted by molar-refractivity contribution is 5.85. The van der Waals surface area contributed by atoms with E-state index in [1.165, 1.54) is 0 Å². The topological polar surface area (TPSA) is 55.1 Å². The second-order valence-corrected chi connectivity index (χ2v) is 2.49. The summed E-state index contributed by atoms with van der Waals surface area (Å²) in [5.74, 6) is 5.05. The van der Waals surface area contributed by atoms with Gasteiger partial charge in [-0.2, -0.15) is 0 Å². The monoisotopic (exact) mass is 176 g/mol. The molecule has 0 radical (unpaired) electrons. The SMILES string of the molecule is Cl.NNC(=O)C1CC=CCC1. The van der Waals surface area contributed by atoms with Crippen molar-refractivity contribution in [2.45, 2.75) is 19.3 Å². The molecule has 11 heavy (non-hydrogen) atoms. The number of hydrogen-bond acceptors (Lipinski definition) is 2. The molecule has 1 aliphatic carbocycles. The van der Waals surface area contributed by atoms with E-state index in [2.05, 4.69) is 11.5 Å². The lowest BCUT2D eigenvalue weighted by atomic mass is 9.94. The van der Waals surface area contributed by atoms with E-state index >= 15 is 0 Å². The van der Waals surface area contributed by atoms with Gasteiger partial charge in [0, 0.05) is 5.92 Å². The first kappa shape index (κ1) is 10.5. The van der Waals surface area contributed by atoms with Gasteiger partial charge >= 0.3 is 0 Å². The van der Waals surface area contributed by atoms with Crippen molar-refractivity contribution in [1.82, 2.24) is 5.43 Å². The van der Waals surface area contributed by atoms with Crippen LogP contribution in [0.25, 0.3) is 0 Å².